The lowest BCUT2D eigenvalue weighted by Gasteiger charge is -2.18. The van der Waals surface area contributed by atoms with Crippen molar-refractivity contribution in [2.75, 3.05) is 17.2 Å². The van der Waals surface area contributed by atoms with Crippen molar-refractivity contribution in [3.05, 3.63) is 48.0 Å². The number of nitrogens with one attached hydrogen (secondary N) is 2. The van der Waals surface area contributed by atoms with Crippen LogP contribution in [0.25, 0.3) is 0 Å². The number of hydrogen-bond donors (Lipinski definition) is 2. The van der Waals surface area contributed by atoms with Crippen LogP contribution in [0.5, 0.6) is 11.5 Å². The van der Waals surface area contributed by atoms with E-state index < -0.39 is 0 Å². The third kappa shape index (κ3) is 3.65. The zero-order valence-corrected chi connectivity index (χ0v) is 13.5. The third-order valence-electron chi connectivity index (χ3n) is 3.36. The van der Waals surface area contributed by atoms with Gasteiger partial charge in [0.1, 0.15) is 11.5 Å². The van der Waals surface area contributed by atoms with Crippen LogP contribution in [0.3, 0.4) is 0 Å². The molecule has 0 saturated carbocycles. The maximum Gasteiger partial charge on any atom is 0.262 e. The molecule has 0 saturated heterocycles. The zero-order chi connectivity index (χ0) is 17.1. The van der Waals surface area contributed by atoms with Gasteiger partial charge < -0.3 is 20.1 Å². The van der Waals surface area contributed by atoms with E-state index in [1.165, 1.54) is 0 Å². The van der Waals surface area contributed by atoms with Crippen LogP contribution in [0, 0.1) is 0 Å². The minimum absolute atomic E-state index is 0.0106. The zero-order valence-electron chi connectivity index (χ0n) is 13.5. The molecule has 3 rings (SSSR count). The van der Waals surface area contributed by atoms with E-state index in [2.05, 4.69) is 10.6 Å². The molecule has 0 radical (unpaired) electrons. The lowest BCUT2D eigenvalue weighted by Crippen LogP contribution is -2.25. The van der Waals surface area contributed by atoms with E-state index in [9.17, 15) is 9.59 Å². The molecule has 1 aliphatic heterocycles. The van der Waals surface area contributed by atoms with Gasteiger partial charge >= 0.3 is 0 Å². The van der Waals surface area contributed by atoms with Gasteiger partial charge in [-0.3, -0.25) is 9.59 Å². The molecule has 0 fully saturated rings. The first-order valence-corrected chi connectivity index (χ1v) is 7.66. The normalized spacial score (nSPS) is 12.9. The van der Waals surface area contributed by atoms with Crippen LogP contribution in [0.15, 0.2) is 42.5 Å². The Morgan fingerprint density at radius 1 is 1.21 bits per heavy atom. The second kappa shape index (κ2) is 6.62. The Labute approximate surface area is 139 Å². The van der Waals surface area contributed by atoms with Gasteiger partial charge in [-0.25, -0.2) is 0 Å². The molecule has 0 atom stereocenters. The number of carbonyl (C=O) groups excluding carboxylic acids is 2. The number of fused-ring (bicyclic) bond motifs is 1. The predicted octanol–water partition coefficient (Wildman–Crippen LogP) is 3.06. The molecule has 0 aliphatic carbocycles. The Morgan fingerprint density at radius 2 is 1.96 bits per heavy atom. The lowest BCUT2D eigenvalue weighted by molar-refractivity contribution is -0.118. The second-order valence-corrected chi connectivity index (χ2v) is 5.69. The van der Waals surface area contributed by atoms with E-state index in [0.717, 1.165) is 5.75 Å². The Balaban J connectivity index is 1.71. The topological polar surface area (TPSA) is 76.7 Å². The quantitative estimate of drug-likeness (QED) is 0.905. The maximum atomic E-state index is 12.3. The number of rotatable bonds is 4. The molecule has 2 amide bonds. The highest BCUT2D eigenvalue weighted by Gasteiger charge is 2.17. The van der Waals surface area contributed by atoms with Gasteiger partial charge in [-0.15, -0.1) is 0 Å². The van der Waals surface area contributed by atoms with Crippen LogP contribution < -0.4 is 20.1 Å². The van der Waals surface area contributed by atoms with Crippen LogP contribution in [-0.4, -0.2) is 24.5 Å². The maximum absolute atomic E-state index is 12.3. The minimum Gasteiger partial charge on any atom is -0.491 e. The molecule has 0 spiro atoms. The smallest absolute Gasteiger partial charge is 0.262 e. The summed E-state index contributed by atoms with van der Waals surface area (Å²) in [5.74, 6) is 0.800. The minimum atomic E-state index is -0.268. The predicted molar refractivity (Wildman–Crippen MR) is 90.7 cm³/mol. The average molecular weight is 326 g/mol. The highest BCUT2D eigenvalue weighted by Crippen LogP contribution is 2.28. The van der Waals surface area contributed by atoms with Gasteiger partial charge in [0.25, 0.3) is 11.8 Å². The summed E-state index contributed by atoms with van der Waals surface area (Å²) in [6.07, 6.45) is 0.0957. The molecular formula is C18H18N2O4. The fourth-order valence-electron chi connectivity index (χ4n) is 2.32. The van der Waals surface area contributed by atoms with E-state index in [4.69, 9.17) is 9.47 Å². The Kier molecular flexibility index (Phi) is 4.37. The van der Waals surface area contributed by atoms with Crippen LogP contribution in [0.4, 0.5) is 11.4 Å². The van der Waals surface area contributed by atoms with Gasteiger partial charge in [0.2, 0.25) is 0 Å². The molecule has 0 unspecified atom stereocenters. The molecule has 124 valence electrons. The summed E-state index contributed by atoms with van der Waals surface area (Å²) < 4.78 is 10.8. The number of amides is 2. The van der Waals surface area contributed by atoms with Crippen molar-refractivity contribution in [1.82, 2.24) is 0 Å². The SMILES string of the molecule is CC(C)Oc1ccc(NC(=O)c2ccc3c(c2)NC(=O)CO3)cc1. The van der Waals surface area contributed by atoms with Gasteiger partial charge in [-0.1, -0.05) is 0 Å². The van der Waals surface area contributed by atoms with Gasteiger partial charge in [0, 0.05) is 11.3 Å². The molecule has 1 heterocycles. The fraction of sp³-hybridized carbons (Fsp3) is 0.222. The van der Waals surface area contributed by atoms with Crippen molar-refractivity contribution in [2.24, 2.45) is 0 Å². The lowest BCUT2D eigenvalue weighted by atomic mass is 10.1. The van der Waals surface area contributed by atoms with Gasteiger partial charge in [0.15, 0.2) is 6.61 Å². The monoisotopic (exact) mass is 326 g/mol. The van der Waals surface area contributed by atoms with E-state index in [1.54, 1.807) is 42.5 Å². The molecular weight excluding hydrogens is 308 g/mol. The standard InChI is InChI=1S/C18H18N2O4/c1-11(2)24-14-6-4-13(5-7-14)19-18(22)12-3-8-16-15(9-12)20-17(21)10-23-16/h3-9,11H,10H2,1-2H3,(H,19,22)(H,20,21). The molecule has 1 aliphatic rings. The first-order chi connectivity index (χ1) is 11.5. The molecule has 6 heteroatoms. The number of benzene rings is 2. The number of hydrogen-bond acceptors (Lipinski definition) is 4. The van der Waals surface area contributed by atoms with Crippen molar-refractivity contribution < 1.29 is 19.1 Å². The first kappa shape index (κ1) is 15.9. The van der Waals surface area contributed by atoms with Crippen molar-refractivity contribution in [3.63, 3.8) is 0 Å². The van der Waals surface area contributed by atoms with Crippen LogP contribution in [-0.2, 0) is 4.79 Å². The van der Waals surface area contributed by atoms with Crippen LogP contribution in [0.1, 0.15) is 24.2 Å². The summed E-state index contributed by atoms with van der Waals surface area (Å²) in [5, 5.41) is 5.49. The summed E-state index contributed by atoms with van der Waals surface area (Å²) in [4.78, 5) is 23.7. The van der Waals surface area contributed by atoms with E-state index in [1.807, 2.05) is 13.8 Å². The van der Waals surface area contributed by atoms with Gasteiger partial charge in [-0.05, 0) is 56.3 Å². The van der Waals surface area contributed by atoms with Crippen LogP contribution >= 0.6 is 0 Å². The Hall–Kier alpha value is -3.02. The van der Waals surface area contributed by atoms with Gasteiger partial charge in [0.05, 0.1) is 11.8 Å². The number of ether oxygens (including phenoxy) is 2. The van der Waals surface area contributed by atoms with Crippen molar-refractivity contribution in [3.8, 4) is 11.5 Å². The highest BCUT2D eigenvalue weighted by molar-refractivity contribution is 6.06. The molecule has 2 aromatic rings. The summed E-state index contributed by atoms with van der Waals surface area (Å²) in [5.41, 5.74) is 1.59. The molecule has 24 heavy (non-hydrogen) atoms. The van der Waals surface area contributed by atoms with Crippen molar-refractivity contribution >= 4 is 23.2 Å². The largest absolute Gasteiger partial charge is 0.491 e. The highest BCUT2D eigenvalue weighted by atomic mass is 16.5. The summed E-state index contributed by atoms with van der Waals surface area (Å²) >= 11 is 0. The molecule has 0 bridgehead atoms. The molecule has 2 aromatic carbocycles. The number of anilines is 2. The van der Waals surface area contributed by atoms with Crippen LogP contribution in [0.2, 0.25) is 0 Å². The van der Waals surface area contributed by atoms with Gasteiger partial charge in [-0.2, -0.15) is 0 Å². The fourth-order valence-corrected chi connectivity index (χ4v) is 2.32. The van der Waals surface area contributed by atoms with E-state index in [0.29, 0.717) is 22.7 Å². The molecule has 2 N–H and O–H groups in total. The summed E-state index contributed by atoms with van der Waals surface area (Å²) in [6.45, 7) is 3.89. The van der Waals surface area contributed by atoms with Crippen molar-refractivity contribution in [1.29, 1.82) is 0 Å². The Bertz CT molecular complexity index is 769. The van der Waals surface area contributed by atoms with Crippen molar-refractivity contribution in [2.45, 2.75) is 20.0 Å². The average Bonchev–Trinajstić information content (AvgIpc) is 2.55. The first-order valence-electron chi connectivity index (χ1n) is 7.66. The summed E-state index contributed by atoms with van der Waals surface area (Å²) in [7, 11) is 0. The van der Waals surface area contributed by atoms with E-state index >= 15 is 0 Å². The summed E-state index contributed by atoms with van der Waals surface area (Å²) in [6, 6.07) is 12.1. The second-order valence-electron chi connectivity index (χ2n) is 5.69. The third-order valence-corrected chi connectivity index (χ3v) is 3.36. The number of carbonyl (C=O) groups is 2. The molecule has 0 aromatic heterocycles. The van der Waals surface area contributed by atoms with E-state index in [-0.39, 0.29) is 24.5 Å². The Morgan fingerprint density at radius 3 is 2.67 bits per heavy atom. The molecule has 6 nitrogen and oxygen atoms in total.